The zero-order chi connectivity index (χ0) is 13.7. The molecule has 0 radical (unpaired) electrons. The zero-order valence-corrected chi connectivity index (χ0v) is 11.5. The van der Waals surface area contributed by atoms with Crippen LogP contribution >= 0.6 is 23.2 Å². The Kier molecular flexibility index (Phi) is 5.44. The second-order valence-corrected chi connectivity index (χ2v) is 4.57. The van der Waals surface area contributed by atoms with Crippen LogP contribution in [0.2, 0.25) is 10.0 Å². The van der Waals surface area contributed by atoms with Crippen LogP contribution in [0.1, 0.15) is 12.5 Å². The molecule has 0 aliphatic heterocycles. The average molecular weight is 290 g/mol. The van der Waals surface area contributed by atoms with E-state index in [2.05, 4.69) is 10.1 Å². The lowest BCUT2D eigenvalue weighted by molar-refractivity contribution is -0.144. The fourth-order valence-electron chi connectivity index (χ4n) is 1.37. The molecule has 0 aromatic heterocycles. The molecule has 1 amide bonds. The number of hydrogen-bond donors (Lipinski definition) is 1. The first kappa shape index (κ1) is 14.8. The molecule has 98 valence electrons. The van der Waals surface area contributed by atoms with E-state index in [1.165, 1.54) is 7.11 Å². The first-order valence-electron chi connectivity index (χ1n) is 5.25. The van der Waals surface area contributed by atoms with Crippen molar-refractivity contribution in [3.8, 4) is 0 Å². The normalized spacial score (nSPS) is 11.8. The molecule has 0 spiro atoms. The molecule has 0 saturated carbocycles. The molecule has 0 heterocycles. The van der Waals surface area contributed by atoms with Gasteiger partial charge < -0.3 is 10.1 Å². The Morgan fingerprint density at radius 2 is 2.06 bits per heavy atom. The summed E-state index contributed by atoms with van der Waals surface area (Å²) in [6.45, 7) is 1.55. The van der Waals surface area contributed by atoms with Gasteiger partial charge in [-0.3, -0.25) is 4.79 Å². The SMILES string of the molecule is COC(=O)C(C)NC(=O)Cc1ccc(Cl)cc1Cl. The molecule has 0 bridgehead atoms. The highest BCUT2D eigenvalue weighted by molar-refractivity contribution is 6.35. The number of methoxy groups -OCH3 is 1. The van der Waals surface area contributed by atoms with Gasteiger partial charge in [-0.2, -0.15) is 0 Å². The minimum Gasteiger partial charge on any atom is -0.467 e. The molecule has 1 aromatic carbocycles. The topological polar surface area (TPSA) is 55.4 Å². The Labute approximate surface area is 115 Å². The quantitative estimate of drug-likeness (QED) is 0.865. The van der Waals surface area contributed by atoms with Crippen LogP contribution in [0.15, 0.2) is 18.2 Å². The Morgan fingerprint density at radius 3 is 2.61 bits per heavy atom. The van der Waals surface area contributed by atoms with E-state index in [1.807, 2.05) is 0 Å². The summed E-state index contributed by atoms with van der Waals surface area (Å²) < 4.78 is 4.51. The predicted octanol–water partition coefficient (Wildman–Crippen LogP) is 2.21. The van der Waals surface area contributed by atoms with Crippen molar-refractivity contribution in [1.29, 1.82) is 0 Å². The number of nitrogens with one attached hydrogen (secondary N) is 1. The van der Waals surface area contributed by atoms with E-state index in [9.17, 15) is 9.59 Å². The summed E-state index contributed by atoms with van der Waals surface area (Å²) in [6, 6.07) is 4.20. The lowest BCUT2D eigenvalue weighted by atomic mass is 10.1. The van der Waals surface area contributed by atoms with Crippen LogP contribution in [0.3, 0.4) is 0 Å². The Hall–Kier alpha value is -1.26. The Bertz CT molecular complexity index is 463. The number of hydrogen-bond acceptors (Lipinski definition) is 3. The van der Waals surface area contributed by atoms with Crippen LogP contribution in [-0.2, 0) is 20.7 Å². The first-order chi connectivity index (χ1) is 8.43. The minimum absolute atomic E-state index is 0.0807. The van der Waals surface area contributed by atoms with E-state index in [4.69, 9.17) is 23.2 Å². The van der Waals surface area contributed by atoms with Crippen LogP contribution in [0.25, 0.3) is 0 Å². The van der Waals surface area contributed by atoms with Gasteiger partial charge in [-0.1, -0.05) is 29.3 Å². The Balaban J connectivity index is 2.62. The van der Waals surface area contributed by atoms with Gasteiger partial charge in [-0.15, -0.1) is 0 Å². The molecular formula is C12H13Cl2NO3. The predicted molar refractivity (Wildman–Crippen MR) is 69.8 cm³/mol. The van der Waals surface area contributed by atoms with Crippen LogP contribution in [0, 0.1) is 0 Å². The van der Waals surface area contributed by atoms with Crippen molar-refractivity contribution >= 4 is 35.1 Å². The summed E-state index contributed by atoms with van der Waals surface area (Å²) in [5.41, 5.74) is 0.649. The molecule has 0 saturated heterocycles. The average Bonchev–Trinajstić information content (AvgIpc) is 2.31. The molecule has 18 heavy (non-hydrogen) atoms. The second-order valence-electron chi connectivity index (χ2n) is 3.72. The van der Waals surface area contributed by atoms with Crippen molar-refractivity contribution < 1.29 is 14.3 Å². The minimum atomic E-state index is -0.687. The van der Waals surface area contributed by atoms with Gasteiger partial charge in [0.05, 0.1) is 13.5 Å². The van der Waals surface area contributed by atoms with E-state index in [1.54, 1.807) is 25.1 Å². The maximum atomic E-state index is 11.7. The third-order valence-electron chi connectivity index (χ3n) is 2.30. The fourth-order valence-corrected chi connectivity index (χ4v) is 1.84. The van der Waals surface area contributed by atoms with Crippen molar-refractivity contribution in [3.05, 3.63) is 33.8 Å². The molecule has 1 atom stereocenters. The van der Waals surface area contributed by atoms with Crippen LogP contribution in [-0.4, -0.2) is 25.0 Å². The highest BCUT2D eigenvalue weighted by Gasteiger charge is 2.16. The summed E-state index contributed by atoms with van der Waals surface area (Å²) in [5, 5.41) is 3.44. The maximum absolute atomic E-state index is 11.7. The number of halogens is 2. The van der Waals surface area contributed by atoms with Gasteiger partial charge in [0.15, 0.2) is 0 Å². The summed E-state index contributed by atoms with van der Waals surface area (Å²) in [6.07, 6.45) is 0.0807. The van der Waals surface area contributed by atoms with Crippen LogP contribution in [0.4, 0.5) is 0 Å². The largest absolute Gasteiger partial charge is 0.467 e. The Morgan fingerprint density at radius 1 is 1.39 bits per heavy atom. The molecule has 0 aliphatic carbocycles. The van der Waals surface area contributed by atoms with E-state index in [-0.39, 0.29) is 12.3 Å². The van der Waals surface area contributed by atoms with Gasteiger partial charge in [0.25, 0.3) is 0 Å². The lowest BCUT2D eigenvalue weighted by Gasteiger charge is -2.12. The maximum Gasteiger partial charge on any atom is 0.328 e. The fraction of sp³-hybridized carbons (Fsp3) is 0.333. The van der Waals surface area contributed by atoms with Crippen LogP contribution < -0.4 is 5.32 Å². The van der Waals surface area contributed by atoms with E-state index >= 15 is 0 Å². The highest BCUT2D eigenvalue weighted by atomic mass is 35.5. The van der Waals surface area contributed by atoms with Gasteiger partial charge in [0, 0.05) is 10.0 Å². The number of benzene rings is 1. The lowest BCUT2D eigenvalue weighted by Crippen LogP contribution is -2.39. The summed E-state index contributed by atoms with van der Waals surface area (Å²) in [5.74, 6) is -0.803. The number of rotatable bonds is 4. The van der Waals surface area contributed by atoms with Gasteiger partial charge in [0.2, 0.25) is 5.91 Å². The monoisotopic (exact) mass is 289 g/mol. The smallest absolute Gasteiger partial charge is 0.328 e. The summed E-state index contributed by atoms with van der Waals surface area (Å²) >= 11 is 11.7. The van der Waals surface area contributed by atoms with E-state index in [0.29, 0.717) is 15.6 Å². The van der Waals surface area contributed by atoms with Crippen molar-refractivity contribution in [2.75, 3.05) is 7.11 Å². The summed E-state index contributed by atoms with van der Waals surface area (Å²) in [4.78, 5) is 22.8. The van der Waals surface area contributed by atoms with Gasteiger partial charge >= 0.3 is 5.97 Å². The highest BCUT2D eigenvalue weighted by Crippen LogP contribution is 2.21. The molecule has 1 N–H and O–H groups in total. The molecular weight excluding hydrogens is 277 g/mol. The molecule has 1 unspecified atom stereocenters. The van der Waals surface area contributed by atoms with Crippen molar-refractivity contribution in [1.82, 2.24) is 5.32 Å². The van der Waals surface area contributed by atoms with E-state index in [0.717, 1.165) is 0 Å². The molecule has 6 heteroatoms. The zero-order valence-electron chi connectivity index (χ0n) is 10.00. The number of carbonyl (C=O) groups excluding carboxylic acids is 2. The standard InChI is InChI=1S/C12H13Cl2NO3/c1-7(12(17)18-2)15-11(16)5-8-3-4-9(13)6-10(8)14/h3-4,6-7H,5H2,1-2H3,(H,15,16). The molecule has 4 nitrogen and oxygen atoms in total. The summed E-state index contributed by atoms with van der Waals surface area (Å²) in [7, 11) is 1.26. The van der Waals surface area contributed by atoms with Crippen molar-refractivity contribution in [2.24, 2.45) is 0 Å². The number of ether oxygens (including phenoxy) is 1. The van der Waals surface area contributed by atoms with Gasteiger partial charge in [-0.25, -0.2) is 4.79 Å². The molecule has 0 aliphatic rings. The van der Waals surface area contributed by atoms with Crippen LogP contribution in [0.5, 0.6) is 0 Å². The van der Waals surface area contributed by atoms with Crippen molar-refractivity contribution in [3.63, 3.8) is 0 Å². The van der Waals surface area contributed by atoms with Gasteiger partial charge in [0.1, 0.15) is 6.04 Å². The van der Waals surface area contributed by atoms with Gasteiger partial charge in [-0.05, 0) is 24.6 Å². The first-order valence-corrected chi connectivity index (χ1v) is 6.00. The number of amides is 1. The third-order valence-corrected chi connectivity index (χ3v) is 2.89. The molecule has 1 rings (SSSR count). The second kappa shape index (κ2) is 6.61. The number of esters is 1. The van der Waals surface area contributed by atoms with E-state index < -0.39 is 12.0 Å². The van der Waals surface area contributed by atoms with Crippen molar-refractivity contribution in [2.45, 2.75) is 19.4 Å². The molecule has 1 aromatic rings. The third kappa shape index (κ3) is 4.20. The number of carbonyl (C=O) groups is 2. The molecule has 0 fully saturated rings.